The Morgan fingerprint density at radius 3 is 2.40 bits per heavy atom. The number of thioether (sulfide) groups is 1. The summed E-state index contributed by atoms with van der Waals surface area (Å²) in [6.07, 6.45) is 3.34. The van der Waals surface area contributed by atoms with Gasteiger partial charge in [0, 0.05) is 11.3 Å². The van der Waals surface area contributed by atoms with Crippen LogP contribution in [0.15, 0.2) is 99.3 Å². The van der Waals surface area contributed by atoms with E-state index in [9.17, 15) is 0 Å². The molecule has 0 saturated heterocycles. The van der Waals surface area contributed by atoms with E-state index in [0.29, 0.717) is 29.8 Å². The second-order valence-electron chi connectivity index (χ2n) is 6.65. The molecule has 0 aliphatic heterocycles. The Morgan fingerprint density at radius 2 is 1.63 bits per heavy atom. The van der Waals surface area contributed by atoms with Crippen LogP contribution in [0.2, 0.25) is 0 Å². The van der Waals surface area contributed by atoms with Gasteiger partial charge in [0.2, 0.25) is 11.7 Å². The first kappa shape index (κ1) is 18.4. The van der Waals surface area contributed by atoms with E-state index in [-0.39, 0.29) is 0 Å². The van der Waals surface area contributed by atoms with Gasteiger partial charge in [-0.15, -0.1) is 10.2 Å². The summed E-state index contributed by atoms with van der Waals surface area (Å²) >= 11 is 1.57. The zero-order chi connectivity index (χ0) is 20.2. The summed E-state index contributed by atoms with van der Waals surface area (Å²) in [6.45, 7) is 0.653. The van der Waals surface area contributed by atoms with E-state index in [0.717, 1.165) is 16.4 Å². The molecule has 0 aliphatic carbocycles. The van der Waals surface area contributed by atoms with Crippen molar-refractivity contribution in [2.75, 3.05) is 0 Å². The van der Waals surface area contributed by atoms with Gasteiger partial charge >= 0.3 is 0 Å². The van der Waals surface area contributed by atoms with Gasteiger partial charge in [0.15, 0.2) is 10.9 Å². The third-order valence-corrected chi connectivity index (χ3v) is 5.56. The minimum Gasteiger partial charge on any atom is -0.461 e. The number of hydrogen-bond acceptors (Lipinski definition) is 6. The molecular formula is C23H18N4O2S. The maximum absolute atomic E-state index is 5.65. The minimum absolute atomic E-state index is 0.619. The van der Waals surface area contributed by atoms with Crippen molar-refractivity contribution in [2.45, 2.75) is 17.5 Å². The average Bonchev–Trinajstić information content (AvgIpc) is 3.55. The van der Waals surface area contributed by atoms with E-state index in [4.69, 9.17) is 8.83 Å². The molecule has 0 spiro atoms. The van der Waals surface area contributed by atoms with Crippen molar-refractivity contribution in [2.24, 2.45) is 0 Å². The zero-order valence-electron chi connectivity index (χ0n) is 16.0. The lowest BCUT2D eigenvalue weighted by Gasteiger charge is -2.08. The Bertz CT molecular complexity index is 1210. The first-order valence-electron chi connectivity index (χ1n) is 9.50. The molecule has 7 heteroatoms. The lowest BCUT2D eigenvalue weighted by molar-refractivity contribution is 0.569. The Hall–Kier alpha value is -3.58. The van der Waals surface area contributed by atoms with Crippen LogP contribution in [0.3, 0.4) is 0 Å². The van der Waals surface area contributed by atoms with Gasteiger partial charge < -0.3 is 8.83 Å². The molecule has 0 aliphatic rings. The van der Waals surface area contributed by atoms with Crippen LogP contribution in [0.25, 0.3) is 23.0 Å². The molecule has 0 atom stereocenters. The van der Waals surface area contributed by atoms with Crippen LogP contribution in [0.5, 0.6) is 0 Å². The van der Waals surface area contributed by atoms with Gasteiger partial charge in [-0.2, -0.15) is 0 Å². The molecule has 0 fully saturated rings. The number of aromatic nitrogens is 4. The van der Waals surface area contributed by atoms with E-state index in [1.54, 1.807) is 24.3 Å². The van der Waals surface area contributed by atoms with Crippen molar-refractivity contribution in [3.8, 4) is 23.0 Å². The van der Waals surface area contributed by atoms with Crippen molar-refractivity contribution in [1.82, 2.24) is 19.7 Å². The van der Waals surface area contributed by atoms with Gasteiger partial charge in [-0.3, -0.25) is 4.57 Å². The fraction of sp³-hybridized carbons (Fsp3) is 0.0870. The summed E-state index contributed by atoms with van der Waals surface area (Å²) in [5, 5.41) is 9.58. The standard InChI is InChI=1S/C23H18N4O2S/c1-3-8-17(9-4-1)14-27-21(20-12-7-13-28-20)25-26-23(27)30-16-19-15-29-22(24-19)18-10-5-2-6-11-18/h1-13,15H,14,16H2. The highest BCUT2D eigenvalue weighted by molar-refractivity contribution is 7.98. The predicted octanol–water partition coefficient (Wildman–Crippen LogP) is 5.53. The van der Waals surface area contributed by atoms with E-state index in [1.165, 1.54) is 5.56 Å². The highest BCUT2D eigenvalue weighted by Gasteiger charge is 2.17. The molecule has 3 aromatic heterocycles. The number of furan rings is 1. The second-order valence-corrected chi connectivity index (χ2v) is 7.60. The third kappa shape index (κ3) is 3.92. The molecule has 0 bridgehead atoms. The van der Waals surface area contributed by atoms with Crippen LogP contribution in [0.4, 0.5) is 0 Å². The van der Waals surface area contributed by atoms with Crippen molar-refractivity contribution in [3.05, 3.63) is 96.6 Å². The monoisotopic (exact) mass is 414 g/mol. The molecule has 0 unspecified atom stereocenters. The maximum Gasteiger partial charge on any atom is 0.226 e. The van der Waals surface area contributed by atoms with E-state index >= 15 is 0 Å². The Kier molecular flexibility index (Phi) is 5.18. The molecule has 3 heterocycles. The van der Waals surface area contributed by atoms with Gasteiger partial charge in [0.05, 0.1) is 18.5 Å². The number of benzene rings is 2. The fourth-order valence-electron chi connectivity index (χ4n) is 3.12. The van der Waals surface area contributed by atoms with E-state index in [1.807, 2.05) is 60.7 Å². The average molecular weight is 414 g/mol. The molecule has 6 nitrogen and oxygen atoms in total. The number of rotatable bonds is 7. The highest BCUT2D eigenvalue weighted by atomic mass is 32.2. The first-order chi connectivity index (χ1) is 14.9. The molecule has 0 amide bonds. The zero-order valence-corrected chi connectivity index (χ0v) is 16.8. The van der Waals surface area contributed by atoms with Gasteiger partial charge in [-0.25, -0.2) is 4.98 Å². The molecule has 30 heavy (non-hydrogen) atoms. The van der Waals surface area contributed by atoms with Crippen molar-refractivity contribution in [1.29, 1.82) is 0 Å². The van der Waals surface area contributed by atoms with Crippen LogP contribution < -0.4 is 0 Å². The second kappa shape index (κ2) is 8.42. The number of oxazole rings is 1. The lowest BCUT2D eigenvalue weighted by atomic mass is 10.2. The van der Waals surface area contributed by atoms with E-state index in [2.05, 4.69) is 31.9 Å². The molecule has 2 aromatic carbocycles. The number of nitrogens with zero attached hydrogens (tertiary/aromatic N) is 4. The van der Waals surface area contributed by atoms with Gasteiger partial charge in [0.1, 0.15) is 6.26 Å². The normalized spacial score (nSPS) is 11.1. The molecular weight excluding hydrogens is 396 g/mol. The summed E-state index contributed by atoms with van der Waals surface area (Å²) < 4.78 is 13.3. The van der Waals surface area contributed by atoms with Gasteiger partial charge in [-0.05, 0) is 29.8 Å². The molecule has 5 rings (SSSR count). The SMILES string of the molecule is c1ccc(Cn2c(SCc3coc(-c4ccccc4)n3)nnc2-c2ccco2)cc1. The van der Waals surface area contributed by atoms with E-state index < -0.39 is 0 Å². The van der Waals surface area contributed by atoms with Crippen LogP contribution in [-0.2, 0) is 12.3 Å². The van der Waals surface area contributed by atoms with Gasteiger partial charge in [-0.1, -0.05) is 60.3 Å². The molecule has 0 N–H and O–H groups in total. The molecule has 0 radical (unpaired) electrons. The smallest absolute Gasteiger partial charge is 0.226 e. The van der Waals surface area contributed by atoms with Crippen molar-refractivity contribution in [3.63, 3.8) is 0 Å². The van der Waals surface area contributed by atoms with Crippen molar-refractivity contribution < 1.29 is 8.83 Å². The minimum atomic E-state index is 0.619. The van der Waals surface area contributed by atoms with Crippen molar-refractivity contribution >= 4 is 11.8 Å². The summed E-state index contributed by atoms with van der Waals surface area (Å²) in [7, 11) is 0. The number of hydrogen-bond donors (Lipinski definition) is 0. The highest BCUT2D eigenvalue weighted by Crippen LogP contribution is 2.28. The summed E-state index contributed by atoms with van der Waals surface area (Å²) in [6, 6.07) is 23.9. The maximum atomic E-state index is 5.65. The fourth-order valence-corrected chi connectivity index (χ4v) is 3.93. The summed E-state index contributed by atoms with van der Waals surface area (Å²) in [4.78, 5) is 4.60. The summed E-state index contributed by atoms with van der Waals surface area (Å²) in [5.41, 5.74) is 2.98. The summed E-state index contributed by atoms with van der Waals surface area (Å²) in [5.74, 6) is 2.64. The quantitative estimate of drug-likeness (QED) is 0.326. The molecule has 148 valence electrons. The third-order valence-electron chi connectivity index (χ3n) is 4.56. The predicted molar refractivity (Wildman–Crippen MR) is 115 cm³/mol. The topological polar surface area (TPSA) is 69.9 Å². The molecule has 5 aromatic rings. The molecule has 0 saturated carbocycles. The van der Waals surface area contributed by atoms with Crippen LogP contribution in [-0.4, -0.2) is 19.7 Å². The first-order valence-corrected chi connectivity index (χ1v) is 10.5. The Labute approximate surface area is 177 Å². The lowest BCUT2D eigenvalue weighted by Crippen LogP contribution is -2.04. The van der Waals surface area contributed by atoms with Crippen LogP contribution >= 0.6 is 11.8 Å². The van der Waals surface area contributed by atoms with Crippen LogP contribution in [0, 0.1) is 0 Å². The van der Waals surface area contributed by atoms with Gasteiger partial charge in [0.25, 0.3) is 0 Å². The largest absolute Gasteiger partial charge is 0.461 e. The van der Waals surface area contributed by atoms with Crippen LogP contribution in [0.1, 0.15) is 11.3 Å². The Balaban J connectivity index is 1.39. The Morgan fingerprint density at radius 1 is 0.833 bits per heavy atom.